The van der Waals surface area contributed by atoms with Crippen LogP contribution in [0.5, 0.6) is 5.75 Å². The second-order valence-electron chi connectivity index (χ2n) is 5.18. The molecule has 1 heterocycles. The molecule has 0 spiro atoms. The quantitative estimate of drug-likeness (QED) is 0.876. The van der Waals surface area contributed by atoms with E-state index < -0.39 is 0 Å². The summed E-state index contributed by atoms with van der Waals surface area (Å²) in [6, 6.07) is 7.75. The lowest BCUT2D eigenvalue weighted by molar-refractivity contribution is -0.127. The summed E-state index contributed by atoms with van der Waals surface area (Å²) < 4.78 is 5.33. The molecule has 0 aliphatic carbocycles. The third kappa shape index (κ3) is 3.64. The summed E-state index contributed by atoms with van der Waals surface area (Å²) in [5.41, 5.74) is 1.01. The summed E-state index contributed by atoms with van der Waals surface area (Å²) >= 11 is 0. The number of hydrogen-bond donors (Lipinski definition) is 2. The molecule has 2 rings (SSSR count). The van der Waals surface area contributed by atoms with E-state index in [9.17, 15) is 4.79 Å². The lowest BCUT2D eigenvalue weighted by atomic mass is 9.88. The fraction of sp³-hybridized carbons (Fsp3) is 0.533. The Bertz CT molecular complexity index is 449. The molecule has 2 N–H and O–H groups in total. The van der Waals surface area contributed by atoms with Gasteiger partial charge < -0.3 is 15.4 Å². The molecular formula is C15H23ClN2O2. The van der Waals surface area contributed by atoms with Crippen molar-refractivity contribution in [2.24, 2.45) is 11.8 Å². The fourth-order valence-electron chi connectivity index (χ4n) is 2.33. The van der Waals surface area contributed by atoms with Crippen molar-refractivity contribution in [1.82, 2.24) is 10.6 Å². The maximum Gasteiger partial charge on any atom is 0.223 e. The highest BCUT2D eigenvalue weighted by molar-refractivity contribution is 5.85. The van der Waals surface area contributed by atoms with Gasteiger partial charge in [0.25, 0.3) is 0 Å². The smallest absolute Gasteiger partial charge is 0.223 e. The largest absolute Gasteiger partial charge is 0.496 e. The van der Waals surface area contributed by atoms with Crippen molar-refractivity contribution >= 4 is 18.3 Å². The Morgan fingerprint density at radius 3 is 2.55 bits per heavy atom. The zero-order valence-corrected chi connectivity index (χ0v) is 13.0. The zero-order chi connectivity index (χ0) is 13.8. The van der Waals surface area contributed by atoms with Gasteiger partial charge in [-0.3, -0.25) is 4.79 Å². The van der Waals surface area contributed by atoms with Gasteiger partial charge in [-0.25, -0.2) is 0 Å². The summed E-state index contributed by atoms with van der Waals surface area (Å²) in [6.07, 6.45) is 0. The van der Waals surface area contributed by atoms with Gasteiger partial charge in [-0.2, -0.15) is 0 Å². The summed E-state index contributed by atoms with van der Waals surface area (Å²) in [4.78, 5) is 12.2. The first-order valence-corrected chi connectivity index (χ1v) is 6.77. The molecule has 0 bridgehead atoms. The van der Waals surface area contributed by atoms with Crippen LogP contribution >= 0.6 is 12.4 Å². The van der Waals surface area contributed by atoms with E-state index in [0.29, 0.717) is 5.92 Å². The normalized spacial score (nSPS) is 17.4. The number of ether oxygens (including phenoxy) is 1. The molecule has 4 nitrogen and oxygen atoms in total. The summed E-state index contributed by atoms with van der Waals surface area (Å²) in [5.74, 6) is 1.45. The van der Waals surface area contributed by atoms with Gasteiger partial charge in [-0.15, -0.1) is 12.4 Å². The maximum absolute atomic E-state index is 12.2. The number of hydrogen-bond acceptors (Lipinski definition) is 3. The Balaban J connectivity index is 0.00000200. The van der Waals surface area contributed by atoms with Gasteiger partial charge in [0.2, 0.25) is 5.91 Å². The van der Waals surface area contributed by atoms with Gasteiger partial charge >= 0.3 is 0 Å². The fourth-order valence-corrected chi connectivity index (χ4v) is 2.33. The third-order valence-electron chi connectivity index (χ3n) is 3.90. The van der Waals surface area contributed by atoms with Crippen molar-refractivity contribution in [3.05, 3.63) is 29.8 Å². The molecule has 1 aromatic rings. The van der Waals surface area contributed by atoms with Crippen molar-refractivity contribution in [2.75, 3.05) is 20.2 Å². The Kier molecular flexibility index (Phi) is 6.30. The van der Waals surface area contributed by atoms with E-state index in [1.807, 2.05) is 38.1 Å². The van der Waals surface area contributed by atoms with Crippen LogP contribution in [0.1, 0.15) is 25.5 Å². The van der Waals surface area contributed by atoms with E-state index in [1.54, 1.807) is 7.11 Å². The molecule has 1 aliphatic heterocycles. The second kappa shape index (κ2) is 7.50. The second-order valence-corrected chi connectivity index (χ2v) is 5.18. The van der Waals surface area contributed by atoms with E-state index in [2.05, 4.69) is 10.6 Å². The monoisotopic (exact) mass is 298 g/mol. The molecule has 2 unspecified atom stereocenters. The van der Waals surface area contributed by atoms with Crippen LogP contribution in [-0.2, 0) is 4.79 Å². The van der Waals surface area contributed by atoms with Gasteiger partial charge in [0.15, 0.2) is 0 Å². The first kappa shape index (κ1) is 16.8. The van der Waals surface area contributed by atoms with Crippen LogP contribution in [0.3, 0.4) is 0 Å². The Hall–Kier alpha value is -1.26. The average Bonchev–Trinajstić information content (AvgIpc) is 2.36. The summed E-state index contributed by atoms with van der Waals surface area (Å²) in [6.45, 7) is 5.87. The van der Waals surface area contributed by atoms with E-state index in [4.69, 9.17) is 4.74 Å². The molecule has 1 fully saturated rings. The number of carbonyl (C=O) groups is 1. The molecular weight excluding hydrogens is 276 g/mol. The highest BCUT2D eigenvalue weighted by Gasteiger charge is 2.29. The van der Waals surface area contributed by atoms with Crippen LogP contribution in [0, 0.1) is 11.8 Å². The van der Waals surface area contributed by atoms with Crippen LogP contribution in [0.2, 0.25) is 0 Å². The van der Waals surface area contributed by atoms with E-state index in [1.165, 1.54) is 0 Å². The number of nitrogens with one attached hydrogen (secondary N) is 2. The molecule has 1 saturated heterocycles. The van der Waals surface area contributed by atoms with Crippen LogP contribution in [0.15, 0.2) is 24.3 Å². The predicted molar refractivity (Wildman–Crippen MR) is 82.3 cm³/mol. The highest BCUT2D eigenvalue weighted by Crippen LogP contribution is 2.25. The summed E-state index contributed by atoms with van der Waals surface area (Å²) in [7, 11) is 1.65. The van der Waals surface area contributed by atoms with Crippen LogP contribution in [0.4, 0.5) is 0 Å². The number of rotatable bonds is 5. The number of benzene rings is 1. The Labute approximate surface area is 126 Å². The van der Waals surface area contributed by atoms with E-state index in [0.717, 1.165) is 24.4 Å². The number of amides is 1. The molecule has 0 saturated carbocycles. The van der Waals surface area contributed by atoms with Crippen molar-refractivity contribution in [3.8, 4) is 5.75 Å². The predicted octanol–water partition coefficient (Wildman–Crippen LogP) is 2.15. The molecule has 2 atom stereocenters. The number of carbonyl (C=O) groups excluding carboxylic acids is 1. The van der Waals surface area contributed by atoms with Gasteiger partial charge in [-0.1, -0.05) is 25.1 Å². The molecule has 1 amide bonds. The lowest BCUT2D eigenvalue weighted by Crippen LogP contribution is -2.49. The average molecular weight is 299 g/mol. The lowest BCUT2D eigenvalue weighted by Gasteiger charge is -2.32. The van der Waals surface area contributed by atoms with Crippen LogP contribution in [-0.4, -0.2) is 26.1 Å². The molecule has 0 aromatic heterocycles. The Morgan fingerprint density at radius 2 is 2.00 bits per heavy atom. The minimum absolute atomic E-state index is 0. The first-order chi connectivity index (χ1) is 9.13. The Morgan fingerprint density at radius 1 is 1.35 bits per heavy atom. The molecule has 20 heavy (non-hydrogen) atoms. The van der Waals surface area contributed by atoms with Gasteiger partial charge in [-0.05, 0) is 32.0 Å². The molecule has 1 aromatic carbocycles. The first-order valence-electron chi connectivity index (χ1n) is 6.77. The molecule has 5 heteroatoms. The van der Waals surface area contributed by atoms with Gasteiger partial charge in [0, 0.05) is 11.5 Å². The van der Waals surface area contributed by atoms with Crippen molar-refractivity contribution < 1.29 is 9.53 Å². The third-order valence-corrected chi connectivity index (χ3v) is 3.90. The standard InChI is InChI=1S/C15H22N2O2.ClH/c1-10(12-8-16-9-12)15(18)17-11(2)13-6-4-5-7-14(13)19-3;/h4-7,10-12,16H,8-9H2,1-3H3,(H,17,18);1H. The SMILES string of the molecule is COc1ccccc1C(C)NC(=O)C(C)C1CNC1.Cl. The summed E-state index contributed by atoms with van der Waals surface area (Å²) in [5, 5.41) is 6.27. The maximum atomic E-state index is 12.2. The van der Waals surface area contributed by atoms with Crippen molar-refractivity contribution in [3.63, 3.8) is 0 Å². The topological polar surface area (TPSA) is 50.4 Å². The van der Waals surface area contributed by atoms with Crippen molar-refractivity contribution in [2.45, 2.75) is 19.9 Å². The van der Waals surface area contributed by atoms with E-state index in [-0.39, 0.29) is 30.3 Å². The van der Waals surface area contributed by atoms with Gasteiger partial charge in [0.1, 0.15) is 5.75 Å². The number of para-hydroxylation sites is 1. The number of halogens is 1. The van der Waals surface area contributed by atoms with Crippen LogP contribution in [0.25, 0.3) is 0 Å². The molecule has 0 radical (unpaired) electrons. The minimum atomic E-state index is -0.0425. The molecule has 112 valence electrons. The molecule has 1 aliphatic rings. The van der Waals surface area contributed by atoms with Crippen molar-refractivity contribution in [1.29, 1.82) is 0 Å². The van der Waals surface area contributed by atoms with Gasteiger partial charge in [0.05, 0.1) is 13.2 Å². The number of methoxy groups -OCH3 is 1. The minimum Gasteiger partial charge on any atom is -0.496 e. The zero-order valence-electron chi connectivity index (χ0n) is 12.2. The van der Waals surface area contributed by atoms with E-state index >= 15 is 0 Å². The van der Waals surface area contributed by atoms with Crippen LogP contribution < -0.4 is 15.4 Å². The highest BCUT2D eigenvalue weighted by atomic mass is 35.5.